The van der Waals surface area contributed by atoms with Crippen molar-refractivity contribution in [3.05, 3.63) is 62.0 Å². The van der Waals surface area contributed by atoms with Crippen LogP contribution in [0.2, 0.25) is 10.0 Å². The van der Waals surface area contributed by atoms with E-state index in [9.17, 15) is 14.9 Å². The highest BCUT2D eigenvalue weighted by molar-refractivity contribution is 6.35. The SMILES string of the molecule is Cc1cc([N+](=O)[O-])nn1CC(=O)Nc1ncn(Cc2c(Cl)cccc2Cl)n1. The number of aryl methyl sites for hydroxylation is 1. The topological polar surface area (TPSA) is 121 Å². The Balaban J connectivity index is 1.65. The summed E-state index contributed by atoms with van der Waals surface area (Å²) in [4.78, 5) is 26.2. The summed E-state index contributed by atoms with van der Waals surface area (Å²) in [6.45, 7) is 1.70. The molecule has 0 aliphatic heterocycles. The highest BCUT2D eigenvalue weighted by atomic mass is 35.5. The first-order valence-electron chi connectivity index (χ1n) is 7.64. The lowest BCUT2D eigenvalue weighted by atomic mass is 10.2. The molecule has 0 bridgehead atoms. The highest BCUT2D eigenvalue weighted by Crippen LogP contribution is 2.24. The van der Waals surface area contributed by atoms with E-state index in [-0.39, 0.29) is 24.9 Å². The number of hydrogen-bond donors (Lipinski definition) is 1. The Hall–Kier alpha value is -2.98. The van der Waals surface area contributed by atoms with Crippen LogP contribution in [-0.4, -0.2) is 35.4 Å². The molecule has 27 heavy (non-hydrogen) atoms. The Morgan fingerprint density at radius 3 is 2.63 bits per heavy atom. The molecule has 12 heteroatoms. The van der Waals surface area contributed by atoms with E-state index in [2.05, 4.69) is 20.5 Å². The molecule has 140 valence electrons. The summed E-state index contributed by atoms with van der Waals surface area (Å²) in [5.74, 6) is -0.702. The first-order valence-corrected chi connectivity index (χ1v) is 8.40. The van der Waals surface area contributed by atoms with Crippen molar-refractivity contribution < 1.29 is 9.72 Å². The van der Waals surface area contributed by atoms with E-state index in [1.165, 1.54) is 21.8 Å². The molecule has 0 aliphatic rings. The molecule has 0 unspecified atom stereocenters. The van der Waals surface area contributed by atoms with Gasteiger partial charge in [-0.1, -0.05) is 29.3 Å². The van der Waals surface area contributed by atoms with Gasteiger partial charge >= 0.3 is 5.82 Å². The third kappa shape index (κ3) is 4.41. The number of hydrogen-bond acceptors (Lipinski definition) is 6. The van der Waals surface area contributed by atoms with Crippen LogP contribution in [0.25, 0.3) is 0 Å². The molecular weight excluding hydrogens is 397 g/mol. The maximum Gasteiger partial charge on any atom is 0.390 e. The molecule has 3 rings (SSSR count). The van der Waals surface area contributed by atoms with Crippen molar-refractivity contribution in [2.24, 2.45) is 0 Å². The van der Waals surface area contributed by atoms with E-state index in [0.717, 1.165) is 0 Å². The molecule has 1 aromatic carbocycles. The maximum absolute atomic E-state index is 12.1. The number of carbonyl (C=O) groups is 1. The molecular formula is C15H13Cl2N7O3. The van der Waals surface area contributed by atoms with Gasteiger partial charge in [0.25, 0.3) is 5.91 Å². The number of carbonyl (C=O) groups excluding carboxylic acids is 1. The number of halogens is 2. The number of rotatable bonds is 6. The van der Waals surface area contributed by atoms with Crippen LogP contribution in [0.3, 0.4) is 0 Å². The normalized spacial score (nSPS) is 10.8. The second kappa shape index (κ2) is 7.72. The van der Waals surface area contributed by atoms with Crippen molar-refractivity contribution in [3.63, 3.8) is 0 Å². The van der Waals surface area contributed by atoms with Gasteiger partial charge in [-0.25, -0.2) is 9.67 Å². The number of nitro groups is 1. The van der Waals surface area contributed by atoms with E-state index >= 15 is 0 Å². The smallest absolute Gasteiger partial charge is 0.358 e. The summed E-state index contributed by atoms with van der Waals surface area (Å²) in [6.07, 6.45) is 1.43. The summed E-state index contributed by atoms with van der Waals surface area (Å²) in [5, 5.41) is 22.1. The molecule has 1 amide bonds. The van der Waals surface area contributed by atoms with Crippen molar-refractivity contribution >= 4 is 40.9 Å². The van der Waals surface area contributed by atoms with Crippen LogP contribution in [0.4, 0.5) is 11.8 Å². The molecule has 2 aromatic heterocycles. The lowest BCUT2D eigenvalue weighted by Gasteiger charge is -2.06. The highest BCUT2D eigenvalue weighted by Gasteiger charge is 2.18. The number of aromatic nitrogens is 5. The third-order valence-corrected chi connectivity index (χ3v) is 4.33. The minimum atomic E-state index is -0.621. The fraction of sp³-hybridized carbons (Fsp3) is 0.200. The van der Waals surface area contributed by atoms with Gasteiger partial charge in [0.15, 0.2) is 0 Å². The summed E-state index contributed by atoms with van der Waals surface area (Å²) in [5.41, 5.74) is 1.17. The van der Waals surface area contributed by atoms with Gasteiger partial charge in [-0.15, -0.1) is 5.10 Å². The monoisotopic (exact) mass is 409 g/mol. The van der Waals surface area contributed by atoms with Gasteiger partial charge in [-0.3, -0.25) is 10.1 Å². The van der Waals surface area contributed by atoms with Gasteiger partial charge in [0.1, 0.15) is 12.9 Å². The predicted octanol–water partition coefficient (Wildman–Crippen LogP) is 2.69. The average Bonchev–Trinajstić information content (AvgIpc) is 3.18. The van der Waals surface area contributed by atoms with Crippen LogP contribution < -0.4 is 5.32 Å². The molecule has 2 heterocycles. The summed E-state index contributed by atoms with van der Waals surface area (Å²) in [6, 6.07) is 6.46. The van der Waals surface area contributed by atoms with Crippen LogP contribution in [0.15, 0.2) is 30.6 Å². The Morgan fingerprint density at radius 1 is 1.30 bits per heavy atom. The number of anilines is 1. The molecule has 10 nitrogen and oxygen atoms in total. The zero-order chi connectivity index (χ0) is 19.6. The molecule has 0 atom stereocenters. The van der Waals surface area contributed by atoms with Gasteiger partial charge in [0.05, 0.1) is 23.4 Å². The second-order valence-corrected chi connectivity index (χ2v) is 6.39. The van der Waals surface area contributed by atoms with Gasteiger partial charge in [-0.2, -0.15) is 4.68 Å². The number of nitrogens with zero attached hydrogens (tertiary/aromatic N) is 6. The van der Waals surface area contributed by atoms with Gasteiger partial charge in [0, 0.05) is 15.6 Å². The second-order valence-electron chi connectivity index (χ2n) is 5.57. The molecule has 0 spiro atoms. The molecule has 0 saturated heterocycles. The molecule has 3 aromatic rings. The van der Waals surface area contributed by atoms with E-state index in [0.29, 0.717) is 21.3 Å². The van der Waals surface area contributed by atoms with Crippen molar-refractivity contribution in [3.8, 4) is 0 Å². The fourth-order valence-corrected chi connectivity index (χ4v) is 2.83. The minimum absolute atomic E-state index is 0.0856. The molecule has 0 fully saturated rings. The summed E-state index contributed by atoms with van der Waals surface area (Å²) in [7, 11) is 0. The molecule has 0 saturated carbocycles. The first kappa shape index (κ1) is 18.8. The van der Waals surface area contributed by atoms with Crippen LogP contribution in [0, 0.1) is 17.0 Å². The molecule has 0 aliphatic carbocycles. The van der Waals surface area contributed by atoms with Crippen LogP contribution in [-0.2, 0) is 17.9 Å². The Kier molecular flexibility index (Phi) is 5.38. The first-order chi connectivity index (χ1) is 12.8. The predicted molar refractivity (Wildman–Crippen MR) is 97.8 cm³/mol. The zero-order valence-electron chi connectivity index (χ0n) is 14.0. The van der Waals surface area contributed by atoms with Crippen molar-refractivity contribution in [2.45, 2.75) is 20.0 Å². The van der Waals surface area contributed by atoms with Crippen LogP contribution in [0.5, 0.6) is 0 Å². The fourth-order valence-electron chi connectivity index (χ4n) is 2.32. The van der Waals surface area contributed by atoms with Crippen LogP contribution in [0.1, 0.15) is 11.3 Å². The minimum Gasteiger partial charge on any atom is -0.358 e. The number of nitrogens with one attached hydrogen (secondary N) is 1. The Labute approximate surface area is 162 Å². The third-order valence-electron chi connectivity index (χ3n) is 3.62. The average molecular weight is 410 g/mol. The zero-order valence-corrected chi connectivity index (χ0v) is 15.5. The molecule has 0 radical (unpaired) electrons. The van der Waals surface area contributed by atoms with Gasteiger partial charge in [-0.05, 0) is 24.0 Å². The lowest BCUT2D eigenvalue weighted by molar-refractivity contribution is -0.389. The summed E-state index contributed by atoms with van der Waals surface area (Å²) < 4.78 is 2.71. The van der Waals surface area contributed by atoms with E-state index in [1.54, 1.807) is 25.1 Å². The Bertz CT molecular complexity index is 995. The van der Waals surface area contributed by atoms with E-state index in [1.807, 2.05) is 0 Å². The lowest BCUT2D eigenvalue weighted by Crippen LogP contribution is -2.21. The van der Waals surface area contributed by atoms with Gasteiger partial charge in [0.2, 0.25) is 5.95 Å². The summed E-state index contributed by atoms with van der Waals surface area (Å²) >= 11 is 12.3. The number of amides is 1. The van der Waals surface area contributed by atoms with E-state index in [4.69, 9.17) is 23.2 Å². The van der Waals surface area contributed by atoms with Crippen molar-refractivity contribution in [2.75, 3.05) is 5.32 Å². The standard InChI is InChI=1S/C15H13Cl2N7O3/c1-9-5-13(24(26)27)20-23(9)7-14(25)19-15-18-8-22(21-15)6-10-11(16)3-2-4-12(10)17/h2-5,8H,6-7H2,1H3,(H,19,21,25). The van der Waals surface area contributed by atoms with Crippen LogP contribution >= 0.6 is 23.2 Å². The van der Waals surface area contributed by atoms with Gasteiger partial charge < -0.3 is 10.1 Å². The quantitative estimate of drug-likeness (QED) is 0.493. The number of benzene rings is 1. The molecule has 1 N–H and O–H groups in total. The van der Waals surface area contributed by atoms with Crippen molar-refractivity contribution in [1.82, 2.24) is 24.5 Å². The van der Waals surface area contributed by atoms with E-state index < -0.39 is 10.8 Å². The maximum atomic E-state index is 12.1. The van der Waals surface area contributed by atoms with Crippen molar-refractivity contribution in [1.29, 1.82) is 0 Å². The largest absolute Gasteiger partial charge is 0.390 e. The Morgan fingerprint density at radius 2 is 2.00 bits per heavy atom.